The molecule has 5 rings (SSSR count). The van der Waals surface area contributed by atoms with Crippen LogP contribution in [-0.2, 0) is 6.42 Å². The Kier molecular flexibility index (Phi) is 6.31. The second-order valence-electron chi connectivity index (χ2n) is 9.46. The summed E-state index contributed by atoms with van der Waals surface area (Å²) in [7, 11) is 0. The van der Waals surface area contributed by atoms with E-state index in [1.54, 1.807) is 29.2 Å². The topological polar surface area (TPSA) is 79.9 Å². The first-order valence-corrected chi connectivity index (χ1v) is 12.4. The lowest BCUT2D eigenvalue weighted by molar-refractivity contribution is 0.0343. The number of nitrogens with zero attached hydrogens (tertiary/aromatic N) is 1. The van der Waals surface area contributed by atoms with Gasteiger partial charge in [0.15, 0.2) is 17.2 Å². The van der Waals surface area contributed by atoms with E-state index in [9.17, 15) is 9.59 Å². The Morgan fingerprint density at radius 2 is 1.89 bits per heavy atom. The summed E-state index contributed by atoms with van der Waals surface area (Å²) in [5.41, 5.74) is 3.61. The number of para-hydroxylation sites is 1. The smallest absolute Gasteiger partial charge is 0.325 e. The Labute approximate surface area is 211 Å². The van der Waals surface area contributed by atoms with Crippen LogP contribution in [-0.4, -0.2) is 30.8 Å². The summed E-state index contributed by atoms with van der Waals surface area (Å²) in [5, 5.41) is 6.07. The average Bonchev–Trinajstić information content (AvgIpc) is 2.86. The third-order valence-electron chi connectivity index (χ3n) is 6.77. The largest absolute Gasteiger partial charge is 0.490 e. The van der Waals surface area contributed by atoms with E-state index < -0.39 is 5.72 Å². The minimum atomic E-state index is -0.898. The summed E-state index contributed by atoms with van der Waals surface area (Å²) in [6.45, 7) is 6.97. The monoisotopic (exact) mass is 485 g/mol. The van der Waals surface area contributed by atoms with Crippen LogP contribution in [0.1, 0.15) is 53.4 Å². The van der Waals surface area contributed by atoms with Crippen molar-refractivity contribution in [2.24, 2.45) is 0 Å². The Bertz CT molecular complexity index is 1270. The molecule has 0 saturated carbocycles. The molecular formula is C29H31N3O4. The third kappa shape index (κ3) is 4.49. The average molecular weight is 486 g/mol. The minimum absolute atomic E-state index is 0.146. The summed E-state index contributed by atoms with van der Waals surface area (Å²) in [4.78, 5) is 27.5. The van der Waals surface area contributed by atoms with Crippen molar-refractivity contribution in [3.63, 3.8) is 0 Å². The van der Waals surface area contributed by atoms with E-state index in [-0.39, 0.29) is 18.0 Å². The molecular weight excluding hydrogens is 454 g/mol. The number of hydrogen-bond acceptors (Lipinski definition) is 4. The van der Waals surface area contributed by atoms with Crippen molar-refractivity contribution in [3.05, 3.63) is 89.0 Å². The number of urea groups is 1. The number of carbonyl (C=O) groups excluding carboxylic acids is 2. The van der Waals surface area contributed by atoms with Gasteiger partial charge in [-0.05, 0) is 63.1 Å². The first kappa shape index (κ1) is 23.7. The van der Waals surface area contributed by atoms with Gasteiger partial charge in [-0.2, -0.15) is 0 Å². The maximum atomic E-state index is 13.2. The molecule has 1 saturated heterocycles. The predicted octanol–water partition coefficient (Wildman–Crippen LogP) is 5.14. The highest BCUT2D eigenvalue weighted by molar-refractivity contribution is 5.97. The fourth-order valence-corrected chi connectivity index (χ4v) is 4.96. The number of benzene rings is 3. The van der Waals surface area contributed by atoms with Crippen molar-refractivity contribution in [2.75, 3.05) is 18.1 Å². The molecule has 0 aromatic heterocycles. The summed E-state index contributed by atoms with van der Waals surface area (Å²) < 4.78 is 12.2. The zero-order chi connectivity index (χ0) is 25.3. The van der Waals surface area contributed by atoms with Gasteiger partial charge in [0.05, 0.1) is 12.6 Å². The Morgan fingerprint density at radius 3 is 2.61 bits per heavy atom. The lowest BCUT2D eigenvalue weighted by Crippen LogP contribution is -2.65. The van der Waals surface area contributed by atoms with E-state index in [4.69, 9.17) is 9.47 Å². The Balaban J connectivity index is 1.30. The molecule has 186 valence electrons. The zero-order valence-electron chi connectivity index (χ0n) is 20.8. The van der Waals surface area contributed by atoms with Crippen LogP contribution in [0.5, 0.6) is 11.5 Å². The fraction of sp³-hybridized carbons (Fsp3) is 0.310. The van der Waals surface area contributed by atoms with Gasteiger partial charge >= 0.3 is 6.03 Å². The number of nitrogens with one attached hydrogen (secondary N) is 2. The molecule has 36 heavy (non-hydrogen) atoms. The second-order valence-corrected chi connectivity index (χ2v) is 9.46. The number of amides is 3. The molecule has 0 aliphatic carbocycles. The summed E-state index contributed by atoms with van der Waals surface area (Å²) in [6, 6.07) is 20.7. The fourth-order valence-electron chi connectivity index (χ4n) is 4.96. The molecule has 2 atom stereocenters. The molecule has 3 aromatic rings. The first-order chi connectivity index (χ1) is 17.4. The maximum absolute atomic E-state index is 13.2. The van der Waals surface area contributed by atoms with Crippen molar-refractivity contribution in [3.8, 4) is 11.5 Å². The third-order valence-corrected chi connectivity index (χ3v) is 6.77. The van der Waals surface area contributed by atoms with Crippen molar-refractivity contribution >= 4 is 17.6 Å². The van der Waals surface area contributed by atoms with Gasteiger partial charge in [0, 0.05) is 29.8 Å². The van der Waals surface area contributed by atoms with Crippen molar-refractivity contribution < 1.29 is 19.1 Å². The van der Waals surface area contributed by atoms with Crippen LogP contribution in [0.4, 0.5) is 10.5 Å². The summed E-state index contributed by atoms with van der Waals surface area (Å²) in [6.07, 6.45) is 1.35. The van der Waals surface area contributed by atoms with Gasteiger partial charge in [0.2, 0.25) is 0 Å². The van der Waals surface area contributed by atoms with Crippen LogP contribution in [0.25, 0.3) is 0 Å². The highest BCUT2D eigenvalue weighted by Gasteiger charge is 2.50. The molecule has 2 aliphatic rings. The normalized spacial score (nSPS) is 20.1. The minimum Gasteiger partial charge on any atom is -0.490 e. The van der Waals surface area contributed by atoms with Crippen LogP contribution in [0.3, 0.4) is 0 Å². The summed E-state index contributed by atoms with van der Waals surface area (Å²) >= 11 is 0. The molecule has 0 spiro atoms. The number of carbonyl (C=O) groups is 2. The Hall–Kier alpha value is -4.00. The molecule has 3 aromatic carbocycles. The van der Waals surface area contributed by atoms with Gasteiger partial charge in [-0.15, -0.1) is 0 Å². The van der Waals surface area contributed by atoms with Crippen molar-refractivity contribution in [1.82, 2.24) is 10.6 Å². The molecule has 3 amide bonds. The van der Waals surface area contributed by atoms with Crippen LogP contribution in [0.2, 0.25) is 0 Å². The molecule has 2 aliphatic heterocycles. The number of aryl methyl sites for hydroxylation is 1. The quantitative estimate of drug-likeness (QED) is 0.486. The van der Waals surface area contributed by atoms with Gasteiger partial charge in [-0.3, -0.25) is 9.69 Å². The highest BCUT2D eigenvalue weighted by atomic mass is 16.5. The molecule has 7 heteroatoms. The van der Waals surface area contributed by atoms with Crippen LogP contribution in [0.15, 0.2) is 66.7 Å². The van der Waals surface area contributed by atoms with Gasteiger partial charge in [-0.1, -0.05) is 42.0 Å². The van der Waals surface area contributed by atoms with Gasteiger partial charge in [0.1, 0.15) is 0 Å². The lowest BCUT2D eigenvalue weighted by Gasteiger charge is -2.50. The van der Waals surface area contributed by atoms with Gasteiger partial charge in [-0.25, -0.2) is 4.79 Å². The molecule has 2 heterocycles. The predicted molar refractivity (Wildman–Crippen MR) is 139 cm³/mol. The number of hydrogen-bond donors (Lipinski definition) is 2. The van der Waals surface area contributed by atoms with Crippen LogP contribution in [0, 0.1) is 6.92 Å². The molecule has 2 N–H and O–H groups in total. The standard InChI is InChI=1S/C29H31N3O4/c1-4-35-25-7-5-6-23-24-18-29(3,36-26(23)25)32(28(34)31-24)22-14-12-21(13-15-22)27(33)30-17-16-20-10-8-19(2)9-11-20/h5-15,24H,4,16-18H2,1-3H3,(H,30,33)(H,31,34)/t24?,29-/m1/s1. The van der Waals surface area contributed by atoms with E-state index in [0.29, 0.717) is 42.3 Å². The van der Waals surface area contributed by atoms with E-state index in [1.165, 1.54) is 11.1 Å². The van der Waals surface area contributed by atoms with Crippen molar-refractivity contribution in [1.29, 1.82) is 0 Å². The van der Waals surface area contributed by atoms with E-state index in [0.717, 1.165) is 12.0 Å². The highest BCUT2D eigenvalue weighted by Crippen LogP contribution is 2.49. The molecule has 2 bridgehead atoms. The summed E-state index contributed by atoms with van der Waals surface area (Å²) in [5.74, 6) is 1.18. The number of anilines is 1. The molecule has 7 nitrogen and oxygen atoms in total. The lowest BCUT2D eigenvalue weighted by atomic mass is 9.90. The number of rotatable bonds is 7. The van der Waals surface area contributed by atoms with E-state index >= 15 is 0 Å². The molecule has 1 fully saturated rings. The van der Waals surface area contributed by atoms with Crippen LogP contribution >= 0.6 is 0 Å². The van der Waals surface area contributed by atoms with Crippen molar-refractivity contribution in [2.45, 2.75) is 45.4 Å². The molecule has 0 radical (unpaired) electrons. The van der Waals surface area contributed by atoms with Crippen LogP contribution < -0.4 is 25.0 Å². The first-order valence-electron chi connectivity index (χ1n) is 12.4. The zero-order valence-corrected chi connectivity index (χ0v) is 20.8. The van der Waals surface area contributed by atoms with Gasteiger partial charge in [0.25, 0.3) is 5.91 Å². The number of fused-ring (bicyclic) bond motifs is 4. The Morgan fingerprint density at radius 1 is 1.14 bits per heavy atom. The van der Waals surface area contributed by atoms with E-state index in [1.807, 2.05) is 32.0 Å². The van der Waals surface area contributed by atoms with Gasteiger partial charge < -0.3 is 20.1 Å². The maximum Gasteiger partial charge on any atom is 0.325 e. The number of ether oxygens (including phenoxy) is 2. The van der Waals surface area contributed by atoms with E-state index in [2.05, 4.69) is 41.8 Å². The second kappa shape index (κ2) is 9.57. The SMILES string of the molecule is CCOc1cccc2c1O[C@]1(C)CC2NC(=O)N1c1ccc(C(=O)NCCc2ccc(C)cc2)cc1. The molecule has 1 unspecified atom stereocenters.